The van der Waals surface area contributed by atoms with E-state index in [2.05, 4.69) is 52.9 Å². The summed E-state index contributed by atoms with van der Waals surface area (Å²) in [6, 6.07) is 24.6. The zero-order valence-corrected chi connectivity index (χ0v) is 18.0. The van der Waals surface area contributed by atoms with Crippen LogP contribution in [0.4, 0.5) is 5.69 Å². The molecule has 0 bridgehead atoms. The molecule has 4 aromatic rings. The molecule has 0 fully saturated rings. The van der Waals surface area contributed by atoms with Crippen molar-refractivity contribution in [1.82, 2.24) is 9.47 Å². The molecule has 0 aliphatic carbocycles. The lowest BCUT2D eigenvalue weighted by Gasteiger charge is -2.46. The number of hydrogen-bond acceptors (Lipinski definition) is 2. The minimum atomic E-state index is -0.120. The first-order valence-corrected chi connectivity index (χ1v) is 11.0. The molecule has 2 aliphatic rings. The predicted molar refractivity (Wildman–Crippen MR) is 125 cm³/mol. The van der Waals surface area contributed by atoms with Crippen LogP contribution in [0.2, 0.25) is 5.02 Å². The van der Waals surface area contributed by atoms with Gasteiger partial charge in [0.1, 0.15) is 6.17 Å². The summed E-state index contributed by atoms with van der Waals surface area (Å²) < 4.78 is 2.39. The van der Waals surface area contributed by atoms with Crippen LogP contribution in [0.3, 0.4) is 0 Å². The van der Waals surface area contributed by atoms with Crippen LogP contribution < -0.4 is 4.90 Å². The van der Waals surface area contributed by atoms with Gasteiger partial charge in [0.05, 0.1) is 16.9 Å². The first-order chi connectivity index (χ1) is 15.1. The van der Waals surface area contributed by atoms with Gasteiger partial charge in [0.25, 0.3) is 5.91 Å². The minimum Gasteiger partial charge on any atom is -0.349 e. The highest BCUT2D eigenvalue weighted by molar-refractivity contribution is 6.30. The maximum Gasteiger partial charge on any atom is 0.257 e. The van der Waals surface area contributed by atoms with Gasteiger partial charge in [-0.2, -0.15) is 0 Å². The largest absolute Gasteiger partial charge is 0.349 e. The molecule has 0 saturated heterocycles. The summed E-state index contributed by atoms with van der Waals surface area (Å²) in [6.45, 7) is 1.46. The molecule has 0 spiro atoms. The summed E-state index contributed by atoms with van der Waals surface area (Å²) in [7, 11) is 2.10. The maximum absolute atomic E-state index is 13.4. The van der Waals surface area contributed by atoms with E-state index in [4.69, 9.17) is 11.6 Å². The van der Waals surface area contributed by atoms with Gasteiger partial charge >= 0.3 is 0 Å². The molecule has 31 heavy (non-hydrogen) atoms. The maximum atomic E-state index is 13.4. The normalized spacial score (nSPS) is 17.5. The fraction of sp³-hybridized carbons (Fsp3) is 0.192. The van der Waals surface area contributed by atoms with Crippen molar-refractivity contribution < 1.29 is 4.79 Å². The number of halogens is 1. The summed E-state index contributed by atoms with van der Waals surface area (Å²) in [5.41, 5.74) is 6.74. The predicted octanol–water partition coefficient (Wildman–Crippen LogP) is 5.49. The van der Waals surface area contributed by atoms with E-state index in [1.54, 1.807) is 0 Å². The number of carbonyl (C=O) groups excluding carboxylic acids is 1. The van der Waals surface area contributed by atoms with Gasteiger partial charge < -0.3 is 14.4 Å². The van der Waals surface area contributed by atoms with Crippen LogP contribution >= 0.6 is 11.6 Å². The Kier molecular flexibility index (Phi) is 4.12. The molecule has 1 aromatic heterocycles. The van der Waals surface area contributed by atoms with E-state index in [-0.39, 0.29) is 12.1 Å². The van der Waals surface area contributed by atoms with Crippen molar-refractivity contribution in [3.05, 3.63) is 100 Å². The monoisotopic (exact) mass is 427 g/mol. The van der Waals surface area contributed by atoms with E-state index >= 15 is 0 Å². The van der Waals surface area contributed by atoms with E-state index < -0.39 is 0 Å². The van der Waals surface area contributed by atoms with Crippen molar-refractivity contribution in [2.75, 3.05) is 18.5 Å². The lowest BCUT2D eigenvalue weighted by atomic mass is 9.96. The zero-order chi connectivity index (χ0) is 21.1. The highest BCUT2D eigenvalue weighted by atomic mass is 35.5. The Bertz CT molecular complexity index is 1320. The first-order valence-electron chi connectivity index (χ1n) is 10.6. The highest BCUT2D eigenvalue weighted by Crippen LogP contribution is 2.44. The number of nitrogens with zero attached hydrogens (tertiary/aromatic N) is 3. The van der Waals surface area contributed by atoms with Crippen molar-refractivity contribution in [3.63, 3.8) is 0 Å². The van der Waals surface area contributed by atoms with Gasteiger partial charge in [0, 0.05) is 36.1 Å². The number of benzene rings is 3. The van der Waals surface area contributed by atoms with Crippen LogP contribution in [0, 0.1) is 0 Å². The second kappa shape index (κ2) is 6.89. The number of aromatic nitrogens is 1. The van der Waals surface area contributed by atoms with Crippen LogP contribution in [0.25, 0.3) is 10.9 Å². The van der Waals surface area contributed by atoms with E-state index in [1.165, 1.54) is 27.7 Å². The van der Waals surface area contributed by atoms with Gasteiger partial charge in [-0.15, -0.1) is 0 Å². The van der Waals surface area contributed by atoms with Gasteiger partial charge in [-0.3, -0.25) is 4.79 Å². The van der Waals surface area contributed by atoms with Crippen LogP contribution in [-0.2, 0) is 13.0 Å². The summed E-state index contributed by atoms with van der Waals surface area (Å²) in [5, 5.41) is 2.02. The smallest absolute Gasteiger partial charge is 0.257 e. The molecular formula is C26H22ClN3O. The number of rotatable bonds is 2. The van der Waals surface area contributed by atoms with Crippen LogP contribution in [0.5, 0.6) is 0 Å². The highest BCUT2D eigenvalue weighted by Gasteiger charge is 2.42. The SMILES string of the molecule is CN1c2ccccc2C(=O)N2CCc3c(n(Cc4ccc(Cl)cc4)c4ccccc34)C21. The fourth-order valence-electron chi connectivity index (χ4n) is 5.25. The Morgan fingerprint density at radius 3 is 2.55 bits per heavy atom. The molecule has 3 heterocycles. The van der Waals surface area contributed by atoms with Crippen LogP contribution in [0.1, 0.15) is 33.3 Å². The standard InChI is InChI=1S/C26H22ClN3O/c1-28-22-8-4-3-7-21(22)26(31)29-15-14-20-19-6-2-5-9-23(19)30(24(20)25(28)29)16-17-10-12-18(27)13-11-17/h2-13,25H,14-16H2,1H3. The van der Waals surface area contributed by atoms with Crippen molar-refractivity contribution in [3.8, 4) is 0 Å². The second-order valence-corrected chi connectivity index (χ2v) is 8.78. The van der Waals surface area contributed by atoms with Crippen LogP contribution in [0.15, 0.2) is 72.8 Å². The molecule has 0 N–H and O–H groups in total. The van der Waals surface area contributed by atoms with Gasteiger partial charge in [0.15, 0.2) is 0 Å². The Balaban J connectivity index is 1.57. The van der Waals surface area contributed by atoms with Crippen molar-refractivity contribution in [1.29, 1.82) is 0 Å². The quantitative estimate of drug-likeness (QED) is 0.423. The molecule has 6 rings (SSSR count). The third kappa shape index (κ3) is 2.71. The molecule has 5 heteroatoms. The Hall–Kier alpha value is -3.24. The lowest BCUT2D eigenvalue weighted by Crippen LogP contribution is -2.51. The lowest BCUT2D eigenvalue weighted by molar-refractivity contribution is 0.0630. The topological polar surface area (TPSA) is 28.5 Å². The van der Waals surface area contributed by atoms with Crippen molar-refractivity contribution >= 4 is 34.1 Å². The number of para-hydroxylation sites is 2. The van der Waals surface area contributed by atoms with Crippen molar-refractivity contribution in [2.24, 2.45) is 0 Å². The van der Waals surface area contributed by atoms with Gasteiger partial charge in [-0.25, -0.2) is 0 Å². The Morgan fingerprint density at radius 1 is 0.968 bits per heavy atom. The third-order valence-corrected chi connectivity index (χ3v) is 6.91. The Morgan fingerprint density at radius 2 is 1.71 bits per heavy atom. The summed E-state index contributed by atoms with van der Waals surface area (Å²) in [4.78, 5) is 17.7. The van der Waals surface area contributed by atoms with Gasteiger partial charge in [-0.1, -0.05) is 54.1 Å². The van der Waals surface area contributed by atoms with E-state index in [0.717, 1.165) is 35.8 Å². The average molecular weight is 428 g/mol. The summed E-state index contributed by atoms with van der Waals surface area (Å²) in [5.74, 6) is 0.118. The molecule has 154 valence electrons. The number of amides is 1. The second-order valence-electron chi connectivity index (χ2n) is 8.34. The molecule has 1 unspecified atom stereocenters. The van der Waals surface area contributed by atoms with E-state index in [0.29, 0.717) is 0 Å². The molecule has 0 radical (unpaired) electrons. The fourth-order valence-corrected chi connectivity index (χ4v) is 5.38. The summed E-state index contributed by atoms with van der Waals surface area (Å²) in [6.07, 6.45) is 0.743. The van der Waals surface area contributed by atoms with Gasteiger partial charge in [0.2, 0.25) is 0 Å². The van der Waals surface area contributed by atoms with Crippen molar-refractivity contribution in [2.45, 2.75) is 19.1 Å². The van der Waals surface area contributed by atoms with E-state index in [9.17, 15) is 4.79 Å². The molecule has 3 aromatic carbocycles. The molecular weight excluding hydrogens is 406 g/mol. The van der Waals surface area contributed by atoms with Crippen LogP contribution in [-0.4, -0.2) is 29.0 Å². The average Bonchev–Trinajstić information content (AvgIpc) is 3.12. The molecule has 2 aliphatic heterocycles. The number of fused-ring (bicyclic) bond motifs is 6. The number of carbonyl (C=O) groups is 1. The zero-order valence-electron chi connectivity index (χ0n) is 17.3. The molecule has 1 atom stereocenters. The molecule has 0 saturated carbocycles. The molecule has 1 amide bonds. The third-order valence-electron chi connectivity index (χ3n) is 6.66. The molecule has 4 nitrogen and oxygen atoms in total. The van der Waals surface area contributed by atoms with Gasteiger partial charge in [-0.05, 0) is 47.9 Å². The van der Waals surface area contributed by atoms with E-state index in [1.807, 2.05) is 41.3 Å². The first kappa shape index (κ1) is 18.5. The Labute approximate surface area is 186 Å². The number of hydrogen-bond donors (Lipinski definition) is 0. The summed E-state index contributed by atoms with van der Waals surface area (Å²) >= 11 is 6.12. The number of anilines is 1. The minimum absolute atomic E-state index is 0.118.